The Balaban J connectivity index is 2.13. The summed E-state index contributed by atoms with van der Waals surface area (Å²) in [6, 6.07) is 6.75. The lowest BCUT2D eigenvalue weighted by atomic mass is 10.1. The summed E-state index contributed by atoms with van der Waals surface area (Å²) in [5.74, 6) is -1.82. The van der Waals surface area contributed by atoms with Gasteiger partial charge in [0.25, 0.3) is 5.91 Å². The van der Waals surface area contributed by atoms with Crippen LogP contribution in [0.3, 0.4) is 0 Å². The summed E-state index contributed by atoms with van der Waals surface area (Å²) in [5, 5.41) is 4.17. The number of imide groups is 1. The highest BCUT2D eigenvalue weighted by molar-refractivity contribution is 7.13. The van der Waals surface area contributed by atoms with E-state index in [1.54, 1.807) is 19.2 Å². The minimum atomic E-state index is -1.13. The first-order valence-corrected chi connectivity index (χ1v) is 8.49. The van der Waals surface area contributed by atoms with Gasteiger partial charge in [0.15, 0.2) is 11.8 Å². The average molecular weight is 361 g/mol. The number of aromatic nitrogens is 1. The van der Waals surface area contributed by atoms with E-state index < -0.39 is 24.0 Å². The van der Waals surface area contributed by atoms with Crippen molar-refractivity contribution < 1.29 is 19.1 Å². The van der Waals surface area contributed by atoms with Gasteiger partial charge in [-0.2, -0.15) is 0 Å². The smallest absolute Gasteiger partial charge is 0.358 e. The van der Waals surface area contributed by atoms with Crippen LogP contribution in [-0.2, 0) is 9.53 Å². The molecule has 2 aromatic rings. The quantitative estimate of drug-likeness (QED) is 0.795. The zero-order valence-electron chi connectivity index (χ0n) is 14.1. The standard InChI is InChI=1S/C17H19N3O4S/c1-9(2)13(14(21)20-17(18)23)24-16(22)12-8-25-15(19-12)11-6-4-10(3)5-7-11/h4-9,13H,1-3H3,(H3,18,20,21,23)/t13-/m0/s1. The second kappa shape index (κ2) is 7.89. The van der Waals surface area contributed by atoms with Crippen LogP contribution >= 0.6 is 11.3 Å². The van der Waals surface area contributed by atoms with Crippen molar-refractivity contribution in [2.45, 2.75) is 26.9 Å². The molecule has 25 heavy (non-hydrogen) atoms. The van der Waals surface area contributed by atoms with Gasteiger partial charge in [0.1, 0.15) is 5.01 Å². The molecule has 1 aromatic heterocycles. The van der Waals surface area contributed by atoms with Crippen molar-refractivity contribution in [3.63, 3.8) is 0 Å². The predicted molar refractivity (Wildman–Crippen MR) is 94.1 cm³/mol. The Morgan fingerprint density at radius 2 is 1.84 bits per heavy atom. The van der Waals surface area contributed by atoms with Crippen LogP contribution in [0.5, 0.6) is 0 Å². The second-order valence-corrected chi connectivity index (χ2v) is 6.69. The molecule has 0 aliphatic rings. The lowest BCUT2D eigenvalue weighted by Gasteiger charge is -2.19. The summed E-state index contributed by atoms with van der Waals surface area (Å²) >= 11 is 1.30. The number of thiazole rings is 1. The summed E-state index contributed by atoms with van der Waals surface area (Å²) in [7, 11) is 0. The SMILES string of the molecule is Cc1ccc(-c2nc(C(=O)O[C@H](C(=O)NC(N)=O)C(C)C)cs2)cc1. The number of urea groups is 1. The molecule has 0 radical (unpaired) electrons. The van der Waals surface area contributed by atoms with Gasteiger partial charge in [-0.1, -0.05) is 43.7 Å². The number of nitrogens with zero attached hydrogens (tertiary/aromatic N) is 1. The number of aryl methyl sites for hydroxylation is 1. The van der Waals surface area contributed by atoms with Gasteiger partial charge in [-0.05, 0) is 12.8 Å². The molecule has 8 heteroatoms. The van der Waals surface area contributed by atoms with Gasteiger partial charge in [-0.25, -0.2) is 14.6 Å². The fourth-order valence-corrected chi connectivity index (χ4v) is 2.85. The van der Waals surface area contributed by atoms with Crippen molar-refractivity contribution in [2.24, 2.45) is 11.7 Å². The van der Waals surface area contributed by atoms with Crippen LogP contribution in [0.2, 0.25) is 0 Å². The van der Waals surface area contributed by atoms with Crippen LogP contribution in [0.4, 0.5) is 4.79 Å². The van der Waals surface area contributed by atoms with E-state index in [0.29, 0.717) is 5.01 Å². The minimum absolute atomic E-state index is 0.109. The van der Waals surface area contributed by atoms with Gasteiger partial charge in [-0.3, -0.25) is 10.1 Å². The van der Waals surface area contributed by atoms with Gasteiger partial charge in [0.05, 0.1) is 0 Å². The van der Waals surface area contributed by atoms with Gasteiger partial charge in [0, 0.05) is 10.9 Å². The molecule has 0 aliphatic carbocycles. The molecule has 0 bridgehead atoms. The number of nitrogens with two attached hydrogens (primary N) is 1. The molecule has 0 saturated carbocycles. The lowest BCUT2D eigenvalue weighted by Crippen LogP contribution is -2.45. The Bertz CT molecular complexity index is 783. The van der Waals surface area contributed by atoms with Crippen molar-refractivity contribution >= 4 is 29.2 Å². The maximum absolute atomic E-state index is 12.3. The average Bonchev–Trinajstić information content (AvgIpc) is 3.02. The van der Waals surface area contributed by atoms with Crippen molar-refractivity contribution in [2.75, 3.05) is 0 Å². The highest BCUT2D eigenvalue weighted by Crippen LogP contribution is 2.24. The summed E-state index contributed by atoms with van der Waals surface area (Å²) in [6.07, 6.45) is -1.13. The molecule has 1 aromatic carbocycles. The fraction of sp³-hybridized carbons (Fsp3) is 0.294. The summed E-state index contributed by atoms with van der Waals surface area (Å²) in [4.78, 5) is 39.3. The Hall–Kier alpha value is -2.74. The van der Waals surface area contributed by atoms with Gasteiger partial charge in [0.2, 0.25) is 0 Å². The van der Waals surface area contributed by atoms with Crippen LogP contribution in [0.25, 0.3) is 10.6 Å². The molecule has 1 atom stereocenters. The van der Waals surface area contributed by atoms with Crippen LogP contribution in [-0.4, -0.2) is 29.0 Å². The monoisotopic (exact) mass is 361 g/mol. The number of carbonyl (C=O) groups is 3. The number of ether oxygens (including phenoxy) is 1. The van der Waals surface area contributed by atoms with E-state index in [0.717, 1.165) is 11.1 Å². The van der Waals surface area contributed by atoms with Crippen LogP contribution in [0, 0.1) is 12.8 Å². The lowest BCUT2D eigenvalue weighted by molar-refractivity contribution is -0.130. The molecular formula is C17H19N3O4S. The molecule has 3 N–H and O–H groups in total. The number of benzene rings is 1. The molecule has 0 saturated heterocycles. The largest absolute Gasteiger partial charge is 0.447 e. The Kier molecular flexibility index (Phi) is 5.87. The molecule has 0 aliphatic heterocycles. The highest BCUT2D eigenvalue weighted by Gasteiger charge is 2.28. The first kappa shape index (κ1) is 18.6. The number of esters is 1. The number of hydrogen-bond acceptors (Lipinski definition) is 6. The third-order valence-electron chi connectivity index (χ3n) is 3.36. The molecule has 7 nitrogen and oxygen atoms in total. The first-order valence-electron chi connectivity index (χ1n) is 7.61. The highest BCUT2D eigenvalue weighted by atomic mass is 32.1. The number of nitrogens with one attached hydrogen (secondary N) is 1. The van der Waals surface area contributed by atoms with Crippen molar-refractivity contribution in [1.29, 1.82) is 0 Å². The van der Waals surface area contributed by atoms with E-state index in [-0.39, 0.29) is 11.6 Å². The molecule has 0 spiro atoms. The van der Waals surface area contributed by atoms with E-state index in [1.165, 1.54) is 11.3 Å². The third-order valence-corrected chi connectivity index (χ3v) is 4.25. The fourth-order valence-electron chi connectivity index (χ4n) is 2.06. The summed E-state index contributed by atoms with van der Waals surface area (Å²) in [6.45, 7) is 5.37. The first-order chi connectivity index (χ1) is 11.8. The number of primary amides is 1. The van der Waals surface area contributed by atoms with E-state index in [1.807, 2.05) is 36.5 Å². The van der Waals surface area contributed by atoms with E-state index in [4.69, 9.17) is 10.5 Å². The minimum Gasteiger partial charge on any atom is -0.447 e. The molecule has 0 fully saturated rings. The van der Waals surface area contributed by atoms with Gasteiger partial charge >= 0.3 is 12.0 Å². The van der Waals surface area contributed by atoms with Crippen molar-refractivity contribution in [3.05, 3.63) is 40.9 Å². The number of amides is 3. The zero-order valence-corrected chi connectivity index (χ0v) is 14.9. The van der Waals surface area contributed by atoms with Crippen molar-refractivity contribution in [3.8, 4) is 10.6 Å². The van der Waals surface area contributed by atoms with E-state index >= 15 is 0 Å². The Morgan fingerprint density at radius 1 is 1.20 bits per heavy atom. The van der Waals surface area contributed by atoms with Gasteiger partial charge in [-0.15, -0.1) is 11.3 Å². The maximum Gasteiger partial charge on any atom is 0.358 e. The molecular weight excluding hydrogens is 342 g/mol. The zero-order chi connectivity index (χ0) is 18.6. The van der Waals surface area contributed by atoms with E-state index in [2.05, 4.69) is 4.98 Å². The number of rotatable bonds is 5. The van der Waals surface area contributed by atoms with Gasteiger partial charge < -0.3 is 10.5 Å². The Labute approximate surface area is 149 Å². The van der Waals surface area contributed by atoms with Crippen molar-refractivity contribution in [1.82, 2.24) is 10.3 Å². The Morgan fingerprint density at radius 3 is 2.40 bits per heavy atom. The molecule has 2 rings (SSSR count). The van der Waals surface area contributed by atoms with Crippen LogP contribution in [0.1, 0.15) is 29.9 Å². The maximum atomic E-state index is 12.3. The third kappa shape index (κ3) is 4.87. The second-order valence-electron chi connectivity index (χ2n) is 5.83. The topological polar surface area (TPSA) is 111 Å². The van der Waals surface area contributed by atoms with Crippen LogP contribution < -0.4 is 11.1 Å². The predicted octanol–water partition coefficient (Wildman–Crippen LogP) is 2.49. The summed E-state index contributed by atoms with van der Waals surface area (Å²) in [5.41, 5.74) is 7.05. The molecule has 0 unspecified atom stereocenters. The number of hydrogen-bond donors (Lipinski definition) is 2. The molecule has 3 amide bonds. The summed E-state index contributed by atoms with van der Waals surface area (Å²) < 4.78 is 5.21. The molecule has 132 valence electrons. The van der Waals surface area contributed by atoms with E-state index in [9.17, 15) is 14.4 Å². The number of carbonyl (C=O) groups excluding carboxylic acids is 3. The normalized spacial score (nSPS) is 11.8. The van der Waals surface area contributed by atoms with Crippen LogP contribution in [0.15, 0.2) is 29.6 Å². The molecule has 1 heterocycles.